The van der Waals surface area contributed by atoms with Crippen molar-refractivity contribution in [3.8, 4) is 0 Å². The van der Waals surface area contributed by atoms with Crippen LogP contribution in [-0.2, 0) is 12.7 Å². The Kier molecular flexibility index (Phi) is 4.92. The lowest BCUT2D eigenvalue weighted by Gasteiger charge is -2.07. The fourth-order valence-electron chi connectivity index (χ4n) is 2.33. The molecule has 0 aliphatic heterocycles. The Morgan fingerprint density at radius 3 is 2.70 bits per heavy atom. The first kappa shape index (κ1) is 18.9. The molecule has 2 N–H and O–H groups in total. The number of nitrogens with zero attached hydrogens (tertiary/aromatic N) is 3. The number of nitrogens with one attached hydrogen (secondary N) is 2. The van der Waals surface area contributed by atoms with E-state index in [9.17, 15) is 22.4 Å². The molecule has 3 rings (SSSR count). The van der Waals surface area contributed by atoms with E-state index in [1.54, 1.807) is 12.0 Å². The van der Waals surface area contributed by atoms with E-state index < -0.39 is 29.3 Å². The second kappa shape index (κ2) is 7.03. The van der Waals surface area contributed by atoms with Gasteiger partial charge in [0, 0.05) is 28.4 Å². The van der Waals surface area contributed by atoms with Gasteiger partial charge in [-0.2, -0.15) is 23.4 Å². The molecule has 0 unspecified atom stereocenters. The number of amides is 1. The van der Waals surface area contributed by atoms with Crippen LogP contribution in [0.1, 0.15) is 27.4 Å². The maximum absolute atomic E-state index is 13.9. The summed E-state index contributed by atoms with van der Waals surface area (Å²) < 4.78 is 53.0. The summed E-state index contributed by atoms with van der Waals surface area (Å²) in [5, 5.41) is 11.8. The normalized spacial score (nSPS) is 11.6. The number of H-pyrrole nitrogens is 1. The van der Waals surface area contributed by atoms with Gasteiger partial charge in [-0.05, 0) is 19.1 Å². The van der Waals surface area contributed by atoms with Crippen molar-refractivity contribution >= 4 is 23.3 Å². The van der Waals surface area contributed by atoms with Gasteiger partial charge < -0.3 is 5.32 Å². The molecule has 0 fully saturated rings. The smallest absolute Gasteiger partial charge is 0.304 e. The van der Waals surface area contributed by atoms with Crippen LogP contribution >= 0.6 is 11.6 Å². The second-order valence-electron chi connectivity index (χ2n) is 5.65. The predicted molar refractivity (Wildman–Crippen MR) is 89.0 cm³/mol. The first-order chi connectivity index (χ1) is 12.6. The molecular weight excluding hydrogens is 390 g/mol. The molecule has 1 amide bonds. The van der Waals surface area contributed by atoms with Crippen molar-refractivity contribution in [3.63, 3.8) is 0 Å². The summed E-state index contributed by atoms with van der Waals surface area (Å²) in [4.78, 5) is 12.1. The monoisotopic (exact) mass is 401 g/mol. The molecule has 0 spiro atoms. The third-order valence-electron chi connectivity index (χ3n) is 3.71. The summed E-state index contributed by atoms with van der Waals surface area (Å²) in [6.45, 7) is 1.70. The van der Waals surface area contributed by atoms with E-state index in [2.05, 4.69) is 15.5 Å². The molecule has 11 heteroatoms. The second-order valence-corrected chi connectivity index (χ2v) is 6.05. The Morgan fingerprint density at radius 2 is 2.07 bits per heavy atom. The average molecular weight is 402 g/mol. The van der Waals surface area contributed by atoms with Crippen molar-refractivity contribution in [2.75, 3.05) is 5.32 Å². The van der Waals surface area contributed by atoms with E-state index in [4.69, 9.17) is 11.6 Å². The highest BCUT2D eigenvalue weighted by Gasteiger charge is 2.33. The summed E-state index contributed by atoms with van der Waals surface area (Å²) in [7, 11) is 0. The summed E-state index contributed by atoms with van der Waals surface area (Å²) in [5.41, 5.74) is -0.761. The fourth-order valence-corrected chi connectivity index (χ4v) is 2.55. The zero-order chi connectivity index (χ0) is 19.8. The number of carbonyl (C=O) groups is 1. The van der Waals surface area contributed by atoms with Crippen LogP contribution in [0.3, 0.4) is 0 Å². The Hall–Kier alpha value is -2.88. The molecule has 0 aliphatic rings. The van der Waals surface area contributed by atoms with E-state index in [-0.39, 0.29) is 22.9 Å². The summed E-state index contributed by atoms with van der Waals surface area (Å²) in [5.74, 6) is -1.28. The van der Waals surface area contributed by atoms with Crippen LogP contribution in [0, 0.1) is 12.7 Å². The molecule has 2 heterocycles. The Labute approximate surface area is 155 Å². The quantitative estimate of drug-likeness (QED) is 0.648. The number of alkyl halides is 3. The summed E-state index contributed by atoms with van der Waals surface area (Å²) in [6.07, 6.45) is -4.64. The third kappa shape index (κ3) is 4.11. The SMILES string of the molecule is Cc1cc(NC(=O)c2cc(C(F)(F)F)[nH]n2)nn1Cc1c(F)cccc1Cl. The van der Waals surface area contributed by atoms with Gasteiger partial charge in [0.1, 0.15) is 11.5 Å². The fraction of sp³-hybridized carbons (Fsp3) is 0.188. The van der Waals surface area contributed by atoms with Crippen LogP contribution in [0.2, 0.25) is 5.02 Å². The zero-order valence-electron chi connectivity index (χ0n) is 13.7. The Bertz CT molecular complexity index is 975. The Morgan fingerprint density at radius 1 is 1.33 bits per heavy atom. The van der Waals surface area contributed by atoms with Crippen molar-refractivity contribution in [2.45, 2.75) is 19.6 Å². The lowest BCUT2D eigenvalue weighted by atomic mass is 10.2. The van der Waals surface area contributed by atoms with Gasteiger partial charge in [0.2, 0.25) is 0 Å². The maximum atomic E-state index is 13.9. The van der Waals surface area contributed by atoms with Crippen LogP contribution in [0.4, 0.5) is 23.4 Å². The lowest BCUT2D eigenvalue weighted by Crippen LogP contribution is -2.13. The molecule has 0 saturated heterocycles. The van der Waals surface area contributed by atoms with Gasteiger partial charge in [0.15, 0.2) is 11.5 Å². The van der Waals surface area contributed by atoms with Gasteiger partial charge in [0.25, 0.3) is 5.91 Å². The number of hydrogen-bond acceptors (Lipinski definition) is 3. The van der Waals surface area contributed by atoms with Gasteiger partial charge in [0.05, 0.1) is 6.54 Å². The lowest BCUT2D eigenvalue weighted by molar-refractivity contribution is -0.141. The largest absolute Gasteiger partial charge is 0.432 e. The van der Waals surface area contributed by atoms with E-state index in [1.165, 1.54) is 28.9 Å². The van der Waals surface area contributed by atoms with Gasteiger partial charge in [-0.1, -0.05) is 17.7 Å². The van der Waals surface area contributed by atoms with Crippen LogP contribution in [-0.4, -0.2) is 25.9 Å². The average Bonchev–Trinajstić information content (AvgIpc) is 3.18. The first-order valence-corrected chi connectivity index (χ1v) is 7.94. The molecule has 2 aromatic heterocycles. The van der Waals surface area contributed by atoms with Crippen molar-refractivity contribution in [3.05, 3.63) is 63.8 Å². The summed E-state index contributed by atoms with van der Waals surface area (Å²) in [6, 6.07) is 6.36. The van der Waals surface area contributed by atoms with E-state index >= 15 is 0 Å². The number of benzene rings is 1. The number of rotatable bonds is 4. The van der Waals surface area contributed by atoms with E-state index in [1.807, 2.05) is 0 Å². The van der Waals surface area contributed by atoms with Crippen LogP contribution in [0.15, 0.2) is 30.3 Å². The van der Waals surface area contributed by atoms with Crippen molar-refractivity contribution in [1.29, 1.82) is 0 Å². The van der Waals surface area contributed by atoms with Crippen LogP contribution < -0.4 is 5.32 Å². The van der Waals surface area contributed by atoms with Crippen molar-refractivity contribution in [1.82, 2.24) is 20.0 Å². The minimum absolute atomic E-state index is 0.0217. The van der Waals surface area contributed by atoms with Gasteiger partial charge in [-0.25, -0.2) is 4.39 Å². The van der Waals surface area contributed by atoms with Crippen molar-refractivity contribution in [2.24, 2.45) is 0 Å². The predicted octanol–water partition coefficient (Wildman–Crippen LogP) is 4.03. The minimum Gasteiger partial charge on any atom is -0.304 e. The number of aromatic nitrogens is 4. The molecule has 3 aromatic rings. The zero-order valence-corrected chi connectivity index (χ0v) is 14.5. The van der Waals surface area contributed by atoms with Gasteiger partial charge >= 0.3 is 6.18 Å². The topological polar surface area (TPSA) is 75.6 Å². The highest BCUT2D eigenvalue weighted by Crippen LogP contribution is 2.28. The Balaban J connectivity index is 1.76. The van der Waals surface area contributed by atoms with Crippen molar-refractivity contribution < 1.29 is 22.4 Å². The number of hydrogen-bond donors (Lipinski definition) is 2. The number of aryl methyl sites for hydroxylation is 1. The number of halogens is 5. The molecular formula is C16H12ClF4N5O. The van der Waals surface area contributed by atoms with E-state index in [0.717, 1.165) is 0 Å². The molecule has 6 nitrogen and oxygen atoms in total. The number of anilines is 1. The van der Waals surface area contributed by atoms with Gasteiger partial charge in [-0.15, -0.1) is 0 Å². The number of carbonyl (C=O) groups excluding carboxylic acids is 1. The summed E-state index contributed by atoms with van der Waals surface area (Å²) >= 11 is 5.99. The molecule has 0 aliphatic carbocycles. The van der Waals surface area contributed by atoms with E-state index in [0.29, 0.717) is 11.8 Å². The standard InChI is InChI=1S/C16H12ClF4N5O/c1-8-5-14(22-15(27)12-6-13(24-23-12)16(19,20)21)25-26(8)7-9-10(17)3-2-4-11(9)18/h2-6H,7H2,1H3,(H,23,24)(H,22,25,27). The first-order valence-electron chi connectivity index (χ1n) is 7.56. The molecule has 142 valence electrons. The molecule has 0 atom stereocenters. The molecule has 0 bridgehead atoms. The molecule has 0 saturated carbocycles. The third-order valence-corrected chi connectivity index (χ3v) is 4.06. The molecule has 0 radical (unpaired) electrons. The maximum Gasteiger partial charge on any atom is 0.432 e. The molecule has 1 aromatic carbocycles. The minimum atomic E-state index is -4.64. The highest BCUT2D eigenvalue weighted by atomic mass is 35.5. The van der Waals surface area contributed by atoms with Crippen LogP contribution in [0.5, 0.6) is 0 Å². The molecule has 27 heavy (non-hydrogen) atoms. The van der Waals surface area contributed by atoms with Gasteiger partial charge in [-0.3, -0.25) is 14.6 Å². The van der Waals surface area contributed by atoms with Crippen LogP contribution in [0.25, 0.3) is 0 Å². The highest BCUT2D eigenvalue weighted by molar-refractivity contribution is 6.31. The number of aromatic amines is 1.